The predicted octanol–water partition coefficient (Wildman–Crippen LogP) is 2.70. The van der Waals surface area contributed by atoms with Gasteiger partial charge in [0.05, 0.1) is 12.7 Å². The fourth-order valence-corrected chi connectivity index (χ4v) is 4.12. The summed E-state index contributed by atoms with van der Waals surface area (Å²) in [6.45, 7) is 2.15. The number of nitrogens with zero attached hydrogens (tertiary/aromatic N) is 2. The summed E-state index contributed by atoms with van der Waals surface area (Å²) in [5, 5.41) is 5.65. The molecule has 3 aromatic rings. The molecule has 0 saturated carbocycles. The summed E-state index contributed by atoms with van der Waals surface area (Å²) in [6.07, 6.45) is 5.22. The van der Waals surface area contributed by atoms with Crippen LogP contribution in [0.2, 0.25) is 0 Å². The van der Waals surface area contributed by atoms with Gasteiger partial charge in [-0.1, -0.05) is 36.4 Å². The first-order valence-corrected chi connectivity index (χ1v) is 11.2. The molecule has 0 radical (unpaired) electrons. The van der Waals surface area contributed by atoms with E-state index in [9.17, 15) is 8.42 Å². The lowest BCUT2D eigenvalue weighted by atomic mass is 9.89. The summed E-state index contributed by atoms with van der Waals surface area (Å²) in [5.74, 6) is 0.135. The monoisotopic (exact) mass is 397 g/mol. The molecule has 146 valence electrons. The molecule has 6 nitrogen and oxygen atoms in total. The number of hydrogen-bond donors (Lipinski definition) is 1. The van der Waals surface area contributed by atoms with E-state index in [-0.39, 0.29) is 17.2 Å². The highest BCUT2D eigenvalue weighted by atomic mass is 32.2. The number of aromatic nitrogens is 2. The van der Waals surface area contributed by atoms with E-state index >= 15 is 0 Å². The van der Waals surface area contributed by atoms with Gasteiger partial charge >= 0.3 is 0 Å². The van der Waals surface area contributed by atoms with Crippen LogP contribution in [0.5, 0.6) is 0 Å². The lowest BCUT2D eigenvalue weighted by Crippen LogP contribution is -2.41. The number of hydrogen-bond acceptors (Lipinski definition) is 6. The molecule has 1 aliphatic heterocycles. The number of nitrogens with one attached hydrogen (secondary N) is 1. The lowest BCUT2D eigenvalue weighted by Gasteiger charge is -2.32. The van der Waals surface area contributed by atoms with Crippen LogP contribution in [0.25, 0.3) is 10.8 Å². The van der Waals surface area contributed by atoms with Gasteiger partial charge in [-0.3, -0.25) is 0 Å². The predicted molar refractivity (Wildman–Crippen MR) is 108 cm³/mol. The van der Waals surface area contributed by atoms with Crippen molar-refractivity contribution in [2.24, 2.45) is 0 Å². The minimum Gasteiger partial charge on any atom is -0.372 e. The van der Waals surface area contributed by atoms with E-state index in [0.717, 1.165) is 36.9 Å². The summed E-state index contributed by atoms with van der Waals surface area (Å²) in [5.41, 5.74) is 2.05. The van der Waals surface area contributed by atoms with Crippen LogP contribution in [-0.2, 0) is 21.2 Å². The van der Waals surface area contributed by atoms with Crippen LogP contribution < -0.4 is 5.32 Å². The molecule has 2 heterocycles. The minimum atomic E-state index is -3.39. The third kappa shape index (κ3) is 4.22. The van der Waals surface area contributed by atoms with Crippen molar-refractivity contribution in [1.82, 2.24) is 15.3 Å². The molecule has 1 fully saturated rings. The molecule has 0 amide bonds. The van der Waals surface area contributed by atoms with E-state index in [2.05, 4.69) is 45.6 Å². The zero-order valence-corrected chi connectivity index (χ0v) is 16.5. The minimum absolute atomic E-state index is 0.0205. The van der Waals surface area contributed by atoms with Crippen molar-refractivity contribution in [2.45, 2.75) is 30.2 Å². The van der Waals surface area contributed by atoms with Crippen molar-refractivity contribution >= 4 is 20.6 Å². The van der Waals surface area contributed by atoms with Crippen molar-refractivity contribution < 1.29 is 13.2 Å². The molecule has 2 atom stereocenters. The van der Waals surface area contributed by atoms with Crippen LogP contribution in [-0.4, -0.2) is 43.8 Å². The summed E-state index contributed by atoms with van der Waals surface area (Å²) in [7, 11) is -3.39. The standard InChI is InChI=1S/C21H23N3O3S/c1-28(25,26)21-23-11-18(12-24-21)19-8-9-22-13-20(19)27-14-15-6-7-16-4-2-3-5-17(16)10-15/h2-7,10-12,19-20,22H,8-9,13-14H2,1H3. The summed E-state index contributed by atoms with van der Waals surface area (Å²) in [4.78, 5) is 8.07. The normalized spacial score (nSPS) is 20.3. The molecule has 0 bridgehead atoms. The van der Waals surface area contributed by atoms with Gasteiger partial charge in [-0.05, 0) is 40.9 Å². The van der Waals surface area contributed by atoms with Crippen molar-refractivity contribution in [2.75, 3.05) is 19.3 Å². The van der Waals surface area contributed by atoms with E-state index < -0.39 is 9.84 Å². The van der Waals surface area contributed by atoms with Crippen molar-refractivity contribution in [1.29, 1.82) is 0 Å². The second-order valence-corrected chi connectivity index (χ2v) is 9.11. The molecule has 7 heteroatoms. The van der Waals surface area contributed by atoms with Crippen LogP contribution in [0, 0.1) is 0 Å². The van der Waals surface area contributed by atoms with Gasteiger partial charge in [0, 0.05) is 31.1 Å². The Hall–Kier alpha value is -2.35. The molecule has 1 aromatic heterocycles. The summed E-state index contributed by atoms with van der Waals surface area (Å²) in [6, 6.07) is 14.6. The van der Waals surface area contributed by atoms with Crippen molar-refractivity contribution in [3.8, 4) is 0 Å². The van der Waals surface area contributed by atoms with E-state index in [1.807, 2.05) is 12.1 Å². The molecular formula is C21H23N3O3S. The topological polar surface area (TPSA) is 81.2 Å². The largest absolute Gasteiger partial charge is 0.372 e. The Labute approximate surface area is 164 Å². The molecule has 1 N–H and O–H groups in total. The van der Waals surface area contributed by atoms with Crippen molar-refractivity contribution in [3.05, 3.63) is 66.0 Å². The van der Waals surface area contributed by atoms with E-state index in [1.54, 1.807) is 12.4 Å². The first kappa shape index (κ1) is 19.0. The Kier molecular flexibility index (Phi) is 5.39. The van der Waals surface area contributed by atoms with E-state index in [0.29, 0.717) is 6.61 Å². The third-order valence-electron chi connectivity index (χ3n) is 5.11. The second-order valence-electron chi connectivity index (χ2n) is 7.20. The van der Waals surface area contributed by atoms with Crippen LogP contribution >= 0.6 is 0 Å². The lowest BCUT2D eigenvalue weighted by molar-refractivity contribution is 0.0105. The van der Waals surface area contributed by atoms with Crippen LogP contribution in [0.15, 0.2) is 60.0 Å². The molecule has 1 saturated heterocycles. The van der Waals surface area contributed by atoms with Gasteiger partial charge in [-0.15, -0.1) is 0 Å². The Morgan fingerprint density at radius 2 is 1.86 bits per heavy atom. The van der Waals surface area contributed by atoms with E-state index in [4.69, 9.17) is 4.74 Å². The third-order valence-corrected chi connectivity index (χ3v) is 5.99. The van der Waals surface area contributed by atoms with E-state index in [1.165, 1.54) is 10.8 Å². The zero-order valence-electron chi connectivity index (χ0n) is 15.7. The van der Waals surface area contributed by atoms with Crippen LogP contribution in [0.1, 0.15) is 23.5 Å². The van der Waals surface area contributed by atoms with Gasteiger partial charge in [0.2, 0.25) is 15.0 Å². The average Bonchev–Trinajstić information content (AvgIpc) is 2.72. The maximum absolute atomic E-state index is 11.6. The number of ether oxygens (including phenoxy) is 1. The molecule has 28 heavy (non-hydrogen) atoms. The van der Waals surface area contributed by atoms with Gasteiger partial charge in [-0.25, -0.2) is 18.4 Å². The number of rotatable bonds is 5. The van der Waals surface area contributed by atoms with Gasteiger partial charge < -0.3 is 10.1 Å². The van der Waals surface area contributed by atoms with Crippen LogP contribution in [0.3, 0.4) is 0 Å². The Morgan fingerprint density at radius 1 is 1.11 bits per heavy atom. The second kappa shape index (κ2) is 7.95. The number of fused-ring (bicyclic) bond motifs is 1. The summed E-state index contributed by atoms with van der Waals surface area (Å²) < 4.78 is 29.4. The van der Waals surface area contributed by atoms with Gasteiger partial charge in [0.15, 0.2) is 0 Å². The SMILES string of the molecule is CS(=O)(=O)c1ncc(C2CCNCC2OCc2ccc3ccccc3c2)cn1. The van der Waals surface area contributed by atoms with Crippen molar-refractivity contribution in [3.63, 3.8) is 0 Å². The average molecular weight is 398 g/mol. The van der Waals surface area contributed by atoms with Gasteiger partial charge in [0.25, 0.3) is 0 Å². The highest BCUT2D eigenvalue weighted by molar-refractivity contribution is 7.90. The highest BCUT2D eigenvalue weighted by Crippen LogP contribution is 2.28. The Morgan fingerprint density at radius 3 is 2.61 bits per heavy atom. The first-order chi connectivity index (χ1) is 13.5. The van der Waals surface area contributed by atoms with Crippen LogP contribution in [0.4, 0.5) is 0 Å². The summed E-state index contributed by atoms with van der Waals surface area (Å²) >= 11 is 0. The molecule has 1 aliphatic rings. The molecule has 2 unspecified atom stereocenters. The zero-order chi connectivity index (χ0) is 19.6. The number of piperidine rings is 1. The fraction of sp³-hybridized carbons (Fsp3) is 0.333. The molecule has 0 aliphatic carbocycles. The Bertz CT molecular complexity index is 1070. The number of sulfone groups is 1. The maximum Gasteiger partial charge on any atom is 0.246 e. The molecule has 2 aromatic carbocycles. The van der Waals surface area contributed by atoms with Gasteiger partial charge in [0.1, 0.15) is 0 Å². The quantitative estimate of drug-likeness (QED) is 0.667. The fourth-order valence-electron chi connectivity index (χ4n) is 3.63. The molecule has 0 spiro atoms. The maximum atomic E-state index is 11.6. The highest BCUT2D eigenvalue weighted by Gasteiger charge is 2.28. The molecule has 4 rings (SSSR count). The van der Waals surface area contributed by atoms with Gasteiger partial charge in [-0.2, -0.15) is 0 Å². The number of benzene rings is 2. The first-order valence-electron chi connectivity index (χ1n) is 9.33. The Balaban J connectivity index is 1.49. The smallest absolute Gasteiger partial charge is 0.246 e. The molecular weight excluding hydrogens is 374 g/mol.